The minimum Gasteiger partial charge on any atom is -0.418 e. The molecule has 0 saturated heterocycles. The third kappa shape index (κ3) is 13.4. The van der Waals surface area contributed by atoms with Crippen molar-refractivity contribution in [1.29, 1.82) is 0 Å². The van der Waals surface area contributed by atoms with E-state index in [1.165, 1.54) is 57.2 Å². The van der Waals surface area contributed by atoms with Crippen LogP contribution in [0.1, 0.15) is 57.7 Å². The third-order valence-corrected chi connectivity index (χ3v) is 2.99. The van der Waals surface area contributed by atoms with Gasteiger partial charge >= 0.3 is 7.25 Å². The molecule has 2 nitrogen and oxygen atoms in total. The molecule has 7 heteroatoms. The van der Waals surface area contributed by atoms with Crippen LogP contribution >= 0.6 is 0 Å². The maximum Gasteiger partial charge on any atom is 0.673 e. The Morgan fingerprint density at radius 2 is 1.50 bits per heavy atom. The van der Waals surface area contributed by atoms with E-state index < -0.39 is 7.25 Å². The van der Waals surface area contributed by atoms with Gasteiger partial charge in [-0.3, -0.25) is 0 Å². The molecule has 1 N–H and O–H groups in total. The zero-order valence-electron chi connectivity index (χ0n) is 12.3. The molecule has 0 bridgehead atoms. The molecule has 1 rings (SSSR count). The van der Waals surface area contributed by atoms with Crippen molar-refractivity contribution in [3.05, 3.63) is 18.2 Å². The lowest BCUT2D eigenvalue weighted by molar-refractivity contribution is -0.677. The van der Waals surface area contributed by atoms with Crippen LogP contribution < -0.4 is 4.57 Å². The average Bonchev–Trinajstić information content (AvgIpc) is 2.72. The Kier molecular flexibility index (Phi) is 10.2. The Hall–Kier alpha value is -1.01. The fourth-order valence-electron chi connectivity index (χ4n) is 1.94. The molecule has 0 saturated carbocycles. The zero-order chi connectivity index (χ0) is 15.4. The van der Waals surface area contributed by atoms with E-state index in [1.54, 1.807) is 0 Å². The second kappa shape index (κ2) is 10.7. The molecule has 1 aromatic heterocycles. The molecular weight excluding hydrogens is 271 g/mol. The number of hydrogen-bond acceptors (Lipinski definition) is 0. The van der Waals surface area contributed by atoms with Crippen LogP contribution in [0.2, 0.25) is 0 Å². The van der Waals surface area contributed by atoms with Gasteiger partial charge in [0.05, 0.1) is 7.05 Å². The molecule has 0 aliphatic heterocycles. The van der Waals surface area contributed by atoms with Crippen LogP contribution in [0.5, 0.6) is 0 Å². The molecule has 0 amide bonds. The summed E-state index contributed by atoms with van der Waals surface area (Å²) in [5.74, 6) is 1.35. The van der Waals surface area contributed by atoms with Crippen LogP contribution in [-0.4, -0.2) is 12.2 Å². The summed E-state index contributed by atoms with van der Waals surface area (Å²) in [7, 11) is -3.90. The van der Waals surface area contributed by atoms with Crippen molar-refractivity contribution in [2.24, 2.45) is 7.05 Å². The summed E-state index contributed by atoms with van der Waals surface area (Å²) < 4.78 is 41.2. The van der Waals surface area contributed by atoms with Crippen LogP contribution in [0, 0.1) is 0 Å². The van der Waals surface area contributed by atoms with Crippen LogP contribution in [0.3, 0.4) is 0 Å². The van der Waals surface area contributed by atoms with Crippen molar-refractivity contribution in [2.75, 3.05) is 0 Å². The molecule has 0 aliphatic carbocycles. The van der Waals surface area contributed by atoms with Crippen molar-refractivity contribution in [2.45, 2.75) is 58.3 Å². The minimum absolute atomic E-state index is 1.19. The van der Waals surface area contributed by atoms with E-state index in [0.29, 0.717) is 0 Å². The Balaban J connectivity index is 0.000000621. The predicted molar refractivity (Wildman–Crippen MR) is 73.9 cm³/mol. The molecule has 118 valence electrons. The first-order valence-electron chi connectivity index (χ1n) is 7.23. The fraction of sp³-hybridized carbons (Fsp3) is 0.769. The Morgan fingerprint density at radius 1 is 1.00 bits per heavy atom. The number of H-pyrrole nitrogens is 1. The number of nitrogens with zero attached hydrogens (tertiary/aromatic N) is 1. The summed E-state index contributed by atoms with van der Waals surface area (Å²) in [4.78, 5) is 3.28. The lowest BCUT2D eigenvalue weighted by Gasteiger charge is -1.99. The van der Waals surface area contributed by atoms with Crippen molar-refractivity contribution < 1.29 is 21.8 Å². The van der Waals surface area contributed by atoms with Gasteiger partial charge in [0.1, 0.15) is 12.4 Å². The van der Waals surface area contributed by atoms with Gasteiger partial charge in [-0.1, -0.05) is 45.4 Å². The topological polar surface area (TPSA) is 19.7 Å². The van der Waals surface area contributed by atoms with Crippen LogP contribution in [-0.2, 0) is 13.5 Å². The minimum atomic E-state index is -6.00. The molecule has 0 radical (unpaired) electrons. The van der Waals surface area contributed by atoms with Gasteiger partial charge in [-0.2, -0.15) is 0 Å². The number of aryl methyl sites for hydroxylation is 2. The van der Waals surface area contributed by atoms with E-state index >= 15 is 0 Å². The molecule has 1 aromatic rings. The molecule has 0 spiro atoms. The highest BCUT2D eigenvalue weighted by Gasteiger charge is 2.20. The van der Waals surface area contributed by atoms with Crippen molar-refractivity contribution in [1.82, 2.24) is 4.98 Å². The third-order valence-electron chi connectivity index (χ3n) is 2.99. The molecule has 0 aliphatic rings. The summed E-state index contributed by atoms with van der Waals surface area (Å²) >= 11 is 0. The Bertz CT molecular complexity index is 333. The molecule has 0 atom stereocenters. The molecular formula is C13H25BF4N2. The van der Waals surface area contributed by atoms with E-state index in [-0.39, 0.29) is 0 Å². The van der Waals surface area contributed by atoms with Gasteiger partial charge in [-0.25, -0.2) is 9.55 Å². The van der Waals surface area contributed by atoms with Gasteiger partial charge in [-0.05, 0) is 6.42 Å². The lowest BCUT2D eigenvalue weighted by Crippen LogP contribution is -2.30. The highest BCUT2D eigenvalue weighted by atomic mass is 19.5. The first kappa shape index (κ1) is 19.0. The molecule has 1 heterocycles. The number of aromatic amines is 1. The molecule has 0 aromatic carbocycles. The van der Waals surface area contributed by atoms with Crippen LogP contribution in [0.25, 0.3) is 0 Å². The summed E-state index contributed by atoms with van der Waals surface area (Å²) in [6.45, 7) is 2.27. The summed E-state index contributed by atoms with van der Waals surface area (Å²) in [5, 5.41) is 0. The number of aromatic nitrogens is 2. The lowest BCUT2D eigenvalue weighted by atomic mass is 10.1. The number of nitrogens with one attached hydrogen (secondary N) is 1. The van der Waals surface area contributed by atoms with Gasteiger partial charge in [0.15, 0.2) is 0 Å². The Morgan fingerprint density at radius 3 is 1.95 bits per heavy atom. The maximum atomic E-state index is 9.75. The van der Waals surface area contributed by atoms with Crippen LogP contribution in [0.4, 0.5) is 17.3 Å². The first-order chi connectivity index (χ1) is 9.34. The van der Waals surface area contributed by atoms with E-state index in [0.717, 1.165) is 0 Å². The number of imidazole rings is 1. The number of unbranched alkanes of at least 4 members (excludes halogenated alkanes) is 6. The number of rotatable bonds is 8. The molecule has 0 fully saturated rings. The highest BCUT2D eigenvalue weighted by molar-refractivity contribution is 6.50. The smallest absolute Gasteiger partial charge is 0.418 e. The second-order valence-corrected chi connectivity index (χ2v) is 4.88. The maximum absolute atomic E-state index is 9.75. The van der Waals surface area contributed by atoms with Gasteiger partial charge in [0.25, 0.3) is 5.82 Å². The first-order valence-corrected chi connectivity index (χ1v) is 7.23. The zero-order valence-corrected chi connectivity index (χ0v) is 12.3. The highest BCUT2D eigenvalue weighted by Crippen LogP contribution is 2.08. The van der Waals surface area contributed by atoms with Gasteiger partial charge < -0.3 is 17.3 Å². The van der Waals surface area contributed by atoms with Crippen LogP contribution in [0.15, 0.2) is 12.4 Å². The largest absolute Gasteiger partial charge is 0.673 e. The van der Waals surface area contributed by atoms with Gasteiger partial charge in [0.2, 0.25) is 0 Å². The summed E-state index contributed by atoms with van der Waals surface area (Å²) in [5.41, 5.74) is 0. The van der Waals surface area contributed by atoms with Crippen molar-refractivity contribution in [3.63, 3.8) is 0 Å². The Labute approximate surface area is 118 Å². The average molecular weight is 296 g/mol. The number of hydrogen-bond donors (Lipinski definition) is 1. The number of halogens is 4. The van der Waals surface area contributed by atoms with Crippen molar-refractivity contribution >= 4 is 7.25 Å². The monoisotopic (exact) mass is 296 g/mol. The van der Waals surface area contributed by atoms with Crippen molar-refractivity contribution in [3.8, 4) is 0 Å². The fourth-order valence-corrected chi connectivity index (χ4v) is 1.94. The standard InChI is InChI=1S/C13H24N2.BF4/c1-3-4-5-6-7-8-9-10-13-14-11-12-15(13)2;2-1(3,4)5/h11-12H,3-10H2,1-2H3;/q;-1/p+1. The SMILES string of the molecule is CCCCCCCCCc1[nH]cc[n+]1C.F[B-](F)(F)F. The normalized spacial score (nSPS) is 11.1. The summed E-state index contributed by atoms with van der Waals surface area (Å²) in [6.07, 6.45) is 15.0. The van der Waals surface area contributed by atoms with E-state index in [4.69, 9.17) is 0 Å². The van der Waals surface area contributed by atoms with E-state index in [9.17, 15) is 17.3 Å². The van der Waals surface area contributed by atoms with Gasteiger partial charge in [-0.15, -0.1) is 0 Å². The molecule has 0 unspecified atom stereocenters. The predicted octanol–water partition coefficient (Wildman–Crippen LogP) is 4.43. The van der Waals surface area contributed by atoms with E-state index in [2.05, 4.69) is 29.7 Å². The van der Waals surface area contributed by atoms with E-state index in [1.807, 2.05) is 6.20 Å². The second-order valence-electron chi connectivity index (χ2n) is 4.88. The quantitative estimate of drug-likeness (QED) is 0.317. The summed E-state index contributed by atoms with van der Waals surface area (Å²) in [6, 6.07) is 0. The molecule has 20 heavy (non-hydrogen) atoms. The van der Waals surface area contributed by atoms with Gasteiger partial charge in [0, 0.05) is 6.42 Å².